The highest BCUT2D eigenvalue weighted by Gasteiger charge is 2.48. The lowest BCUT2D eigenvalue weighted by Gasteiger charge is -2.51. The van der Waals surface area contributed by atoms with Crippen molar-refractivity contribution in [1.82, 2.24) is 9.47 Å². The van der Waals surface area contributed by atoms with E-state index in [9.17, 15) is 0 Å². The van der Waals surface area contributed by atoms with Crippen LogP contribution >= 0.6 is 0 Å². The van der Waals surface area contributed by atoms with Gasteiger partial charge in [0.2, 0.25) is 0 Å². The first kappa shape index (κ1) is 20.6. The zero-order chi connectivity index (χ0) is 22.4. The Bertz CT molecular complexity index is 1290. The van der Waals surface area contributed by atoms with E-state index in [-0.39, 0.29) is 5.41 Å². The van der Waals surface area contributed by atoms with Crippen LogP contribution in [0.1, 0.15) is 28.8 Å². The third-order valence-corrected chi connectivity index (χ3v) is 8.31. The van der Waals surface area contributed by atoms with Crippen LogP contribution in [0.25, 0.3) is 10.9 Å². The molecule has 2 heterocycles. The van der Waals surface area contributed by atoms with E-state index in [0.717, 1.165) is 38.2 Å². The summed E-state index contributed by atoms with van der Waals surface area (Å²) in [6, 6.07) is 28.8. The third-order valence-electron chi connectivity index (χ3n) is 8.31. The summed E-state index contributed by atoms with van der Waals surface area (Å²) in [4.78, 5) is 2.68. The van der Waals surface area contributed by atoms with Gasteiger partial charge >= 0.3 is 0 Å². The summed E-state index contributed by atoms with van der Waals surface area (Å²) in [5.74, 6) is 1.55. The van der Waals surface area contributed by atoms with Crippen molar-refractivity contribution in [2.24, 2.45) is 13.0 Å². The van der Waals surface area contributed by atoms with E-state index < -0.39 is 0 Å². The Kier molecular flexibility index (Phi) is 5.03. The first-order chi connectivity index (χ1) is 16.2. The molecule has 0 spiro atoms. The van der Waals surface area contributed by atoms with Crippen LogP contribution in [-0.2, 0) is 31.8 Å². The molecule has 1 fully saturated rings. The molecule has 2 unspecified atom stereocenters. The smallest absolute Gasteiger partial charge is 0.119 e. The van der Waals surface area contributed by atoms with Gasteiger partial charge in [-0.05, 0) is 66.6 Å². The fourth-order valence-corrected chi connectivity index (χ4v) is 6.56. The second kappa shape index (κ2) is 8.07. The minimum absolute atomic E-state index is 0.150. The SMILES string of the molecule is COc1cccc(C23CCN(Cc4ccccc4)CC2Cc2c(n(C)c4ccccc24)C3)c1. The predicted molar refractivity (Wildman–Crippen MR) is 135 cm³/mol. The molecule has 1 aliphatic heterocycles. The van der Waals surface area contributed by atoms with Crippen LogP contribution in [0.4, 0.5) is 0 Å². The Hall–Kier alpha value is -3.04. The van der Waals surface area contributed by atoms with Gasteiger partial charge in [0.25, 0.3) is 0 Å². The zero-order valence-electron chi connectivity index (χ0n) is 19.6. The summed E-state index contributed by atoms with van der Waals surface area (Å²) in [5, 5.41) is 1.44. The van der Waals surface area contributed by atoms with E-state index in [2.05, 4.69) is 95.4 Å². The Morgan fingerprint density at radius 1 is 0.970 bits per heavy atom. The molecule has 3 heteroatoms. The van der Waals surface area contributed by atoms with E-state index in [4.69, 9.17) is 4.74 Å². The summed E-state index contributed by atoms with van der Waals surface area (Å²) < 4.78 is 8.11. The van der Waals surface area contributed by atoms with Crippen molar-refractivity contribution in [2.45, 2.75) is 31.2 Å². The lowest BCUT2D eigenvalue weighted by molar-refractivity contribution is 0.0758. The molecular formula is C30H32N2O. The molecule has 0 bridgehead atoms. The normalized spacial score (nSPS) is 22.7. The average molecular weight is 437 g/mol. The Labute approximate surface area is 196 Å². The number of aromatic nitrogens is 1. The van der Waals surface area contributed by atoms with Crippen LogP contribution in [0.3, 0.4) is 0 Å². The number of likely N-dealkylation sites (tertiary alicyclic amines) is 1. The maximum Gasteiger partial charge on any atom is 0.119 e. The van der Waals surface area contributed by atoms with Crippen LogP contribution in [0.2, 0.25) is 0 Å². The van der Waals surface area contributed by atoms with Gasteiger partial charge in [-0.2, -0.15) is 0 Å². The maximum atomic E-state index is 5.65. The number of rotatable bonds is 4. The summed E-state index contributed by atoms with van der Waals surface area (Å²) >= 11 is 0. The molecule has 0 radical (unpaired) electrons. The second-order valence-corrected chi connectivity index (χ2v) is 9.94. The van der Waals surface area contributed by atoms with Crippen molar-refractivity contribution >= 4 is 10.9 Å². The number of hydrogen-bond acceptors (Lipinski definition) is 2. The fourth-order valence-electron chi connectivity index (χ4n) is 6.56. The van der Waals surface area contributed by atoms with Gasteiger partial charge in [-0.3, -0.25) is 4.90 Å². The number of para-hydroxylation sites is 1. The number of aryl methyl sites for hydroxylation is 1. The largest absolute Gasteiger partial charge is 0.497 e. The molecule has 1 saturated heterocycles. The summed E-state index contributed by atoms with van der Waals surface area (Å²) in [6.07, 6.45) is 3.42. The lowest BCUT2D eigenvalue weighted by atomic mass is 9.58. The van der Waals surface area contributed by atoms with E-state index in [1.807, 2.05) is 0 Å². The van der Waals surface area contributed by atoms with Crippen LogP contribution in [0.15, 0.2) is 78.9 Å². The van der Waals surface area contributed by atoms with Gasteiger partial charge in [-0.1, -0.05) is 60.7 Å². The molecule has 1 aromatic heterocycles. The van der Waals surface area contributed by atoms with E-state index >= 15 is 0 Å². The molecule has 6 rings (SSSR count). The van der Waals surface area contributed by atoms with Crippen LogP contribution < -0.4 is 4.74 Å². The molecular weight excluding hydrogens is 404 g/mol. The number of piperidine rings is 1. The van der Waals surface area contributed by atoms with Crippen LogP contribution in [0, 0.1) is 5.92 Å². The number of hydrogen-bond donors (Lipinski definition) is 0. The Balaban J connectivity index is 1.43. The number of nitrogens with zero attached hydrogens (tertiary/aromatic N) is 2. The highest BCUT2D eigenvalue weighted by Crippen LogP contribution is 2.50. The van der Waals surface area contributed by atoms with E-state index in [1.165, 1.54) is 34.1 Å². The summed E-state index contributed by atoms with van der Waals surface area (Å²) in [5.41, 5.74) is 7.46. The maximum absolute atomic E-state index is 5.65. The highest BCUT2D eigenvalue weighted by atomic mass is 16.5. The highest BCUT2D eigenvalue weighted by molar-refractivity contribution is 5.86. The first-order valence-corrected chi connectivity index (χ1v) is 12.1. The second-order valence-electron chi connectivity index (χ2n) is 9.94. The molecule has 0 N–H and O–H groups in total. The quantitative estimate of drug-likeness (QED) is 0.406. The van der Waals surface area contributed by atoms with Crippen molar-refractivity contribution in [1.29, 1.82) is 0 Å². The molecule has 168 valence electrons. The number of ether oxygens (including phenoxy) is 1. The molecule has 33 heavy (non-hydrogen) atoms. The molecule has 1 aliphatic carbocycles. The summed E-state index contributed by atoms with van der Waals surface area (Å²) in [7, 11) is 4.03. The Morgan fingerprint density at radius 3 is 2.64 bits per heavy atom. The van der Waals surface area contributed by atoms with Crippen molar-refractivity contribution < 1.29 is 4.74 Å². The van der Waals surface area contributed by atoms with Gasteiger partial charge in [0, 0.05) is 42.1 Å². The topological polar surface area (TPSA) is 17.4 Å². The van der Waals surface area contributed by atoms with Gasteiger partial charge in [0.15, 0.2) is 0 Å². The number of benzene rings is 3. The fraction of sp³-hybridized carbons (Fsp3) is 0.333. The first-order valence-electron chi connectivity index (χ1n) is 12.1. The van der Waals surface area contributed by atoms with E-state index in [1.54, 1.807) is 12.7 Å². The molecule has 2 aliphatic rings. The molecule has 4 aromatic rings. The third kappa shape index (κ3) is 3.38. The van der Waals surface area contributed by atoms with Gasteiger partial charge < -0.3 is 9.30 Å². The standard InChI is InChI=1S/C30H32N2O/c1-31-28-14-7-6-13-26(28)27-18-24-21-32(20-22-9-4-3-5-10-22)16-15-30(24,19-29(27)31)23-11-8-12-25(17-23)33-2/h3-14,17,24H,15-16,18-21H2,1-2H3. The van der Waals surface area contributed by atoms with Gasteiger partial charge in [-0.25, -0.2) is 0 Å². The van der Waals surface area contributed by atoms with Gasteiger partial charge in [-0.15, -0.1) is 0 Å². The van der Waals surface area contributed by atoms with Crippen molar-refractivity contribution in [3.8, 4) is 5.75 Å². The molecule has 0 amide bonds. The van der Waals surface area contributed by atoms with Crippen molar-refractivity contribution in [2.75, 3.05) is 20.2 Å². The van der Waals surface area contributed by atoms with Gasteiger partial charge in [0.05, 0.1) is 7.11 Å². The zero-order valence-corrected chi connectivity index (χ0v) is 19.6. The van der Waals surface area contributed by atoms with Gasteiger partial charge in [0.1, 0.15) is 5.75 Å². The van der Waals surface area contributed by atoms with Crippen LogP contribution in [-0.4, -0.2) is 29.7 Å². The van der Waals surface area contributed by atoms with Crippen LogP contribution in [0.5, 0.6) is 5.75 Å². The molecule has 2 atom stereocenters. The minimum atomic E-state index is 0.150. The monoisotopic (exact) mass is 436 g/mol. The van der Waals surface area contributed by atoms with E-state index in [0.29, 0.717) is 5.92 Å². The molecule has 3 aromatic carbocycles. The predicted octanol–water partition coefficient (Wildman–Crippen LogP) is 5.75. The molecule has 3 nitrogen and oxygen atoms in total. The van der Waals surface area contributed by atoms with Crippen molar-refractivity contribution in [3.63, 3.8) is 0 Å². The number of fused-ring (bicyclic) bond motifs is 4. The summed E-state index contributed by atoms with van der Waals surface area (Å²) in [6.45, 7) is 3.30. The average Bonchev–Trinajstić information content (AvgIpc) is 3.14. The lowest BCUT2D eigenvalue weighted by Crippen LogP contribution is -2.53. The minimum Gasteiger partial charge on any atom is -0.497 e. The Morgan fingerprint density at radius 2 is 1.79 bits per heavy atom. The number of methoxy groups -OCH3 is 1. The molecule has 0 saturated carbocycles. The van der Waals surface area contributed by atoms with Crippen molar-refractivity contribution in [3.05, 3.63) is 101 Å².